The summed E-state index contributed by atoms with van der Waals surface area (Å²) in [6, 6.07) is 13.2. The molecule has 1 unspecified atom stereocenters. The molecule has 1 atom stereocenters. The quantitative estimate of drug-likeness (QED) is 0.664. The fourth-order valence-electron chi connectivity index (χ4n) is 3.62. The van der Waals surface area contributed by atoms with Crippen molar-refractivity contribution >= 4 is 17.5 Å². The van der Waals surface area contributed by atoms with Gasteiger partial charge >= 0.3 is 0 Å². The standard InChI is InChI=1S/C22H21ClN2O3/c1-3-14-7-6-9-16-18(11-12-27-21(14)16)24-22(26)19-13(2)28-25-20(19)15-8-4-5-10-17(15)23/h4-10,18H,3,11-12H2,1-2H3,(H,24,26). The molecule has 1 aliphatic rings. The zero-order valence-corrected chi connectivity index (χ0v) is 16.5. The number of benzene rings is 2. The van der Waals surface area contributed by atoms with Crippen LogP contribution in [-0.2, 0) is 6.42 Å². The maximum absolute atomic E-state index is 13.2. The average molecular weight is 397 g/mol. The van der Waals surface area contributed by atoms with E-state index in [-0.39, 0.29) is 11.9 Å². The van der Waals surface area contributed by atoms with Crippen molar-refractivity contribution in [2.24, 2.45) is 0 Å². The molecule has 28 heavy (non-hydrogen) atoms. The van der Waals surface area contributed by atoms with Crippen molar-refractivity contribution in [2.45, 2.75) is 32.7 Å². The van der Waals surface area contributed by atoms with E-state index in [9.17, 15) is 4.79 Å². The molecule has 0 spiro atoms. The highest BCUT2D eigenvalue weighted by Gasteiger charge is 2.28. The predicted octanol–water partition coefficient (Wildman–Crippen LogP) is 5.12. The van der Waals surface area contributed by atoms with E-state index in [1.54, 1.807) is 13.0 Å². The zero-order chi connectivity index (χ0) is 19.7. The van der Waals surface area contributed by atoms with Crippen molar-refractivity contribution in [2.75, 3.05) is 6.61 Å². The van der Waals surface area contributed by atoms with Crippen LogP contribution in [0, 0.1) is 6.92 Å². The van der Waals surface area contributed by atoms with Crippen LogP contribution >= 0.6 is 11.6 Å². The molecule has 0 saturated carbocycles. The molecule has 3 aromatic rings. The van der Waals surface area contributed by atoms with Gasteiger partial charge in [0.15, 0.2) is 0 Å². The lowest BCUT2D eigenvalue weighted by Gasteiger charge is -2.28. The lowest BCUT2D eigenvalue weighted by Crippen LogP contribution is -2.32. The first-order valence-electron chi connectivity index (χ1n) is 9.36. The number of nitrogens with zero attached hydrogens (tertiary/aromatic N) is 1. The minimum atomic E-state index is -0.228. The highest BCUT2D eigenvalue weighted by atomic mass is 35.5. The van der Waals surface area contributed by atoms with Gasteiger partial charge in [-0.05, 0) is 25.0 Å². The highest BCUT2D eigenvalue weighted by Crippen LogP contribution is 2.36. The molecule has 0 fully saturated rings. The van der Waals surface area contributed by atoms with Crippen LogP contribution < -0.4 is 10.1 Å². The number of rotatable bonds is 4. The molecule has 1 aromatic heterocycles. The molecule has 0 aliphatic carbocycles. The summed E-state index contributed by atoms with van der Waals surface area (Å²) >= 11 is 6.31. The number of nitrogens with one attached hydrogen (secondary N) is 1. The van der Waals surface area contributed by atoms with Gasteiger partial charge in [-0.25, -0.2) is 0 Å². The lowest BCUT2D eigenvalue weighted by molar-refractivity contribution is 0.0923. The molecule has 144 valence electrons. The Bertz CT molecular complexity index is 1030. The van der Waals surface area contributed by atoms with Gasteiger partial charge in [0.25, 0.3) is 5.91 Å². The van der Waals surface area contributed by atoms with Gasteiger partial charge in [0.2, 0.25) is 0 Å². The molecule has 2 heterocycles. The summed E-state index contributed by atoms with van der Waals surface area (Å²) in [7, 11) is 0. The van der Waals surface area contributed by atoms with Crippen LogP contribution in [0.3, 0.4) is 0 Å². The number of carbonyl (C=O) groups excluding carboxylic acids is 1. The van der Waals surface area contributed by atoms with Crippen molar-refractivity contribution in [3.8, 4) is 17.0 Å². The molecule has 6 heteroatoms. The molecule has 1 amide bonds. The molecule has 1 N–H and O–H groups in total. The molecule has 0 radical (unpaired) electrons. The van der Waals surface area contributed by atoms with E-state index in [1.807, 2.05) is 30.3 Å². The first kappa shape index (κ1) is 18.6. The number of amides is 1. The molecule has 4 rings (SSSR count). The summed E-state index contributed by atoms with van der Waals surface area (Å²) in [5.41, 5.74) is 3.69. The maximum atomic E-state index is 13.2. The number of ether oxygens (including phenoxy) is 1. The van der Waals surface area contributed by atoms with Gasteiger partial charge in [-0.15, -0.1) is 0 Å². The third-order valence-corrected chi connectivity index (χ3v) is 5.39. The molecule has 2 aromatic carbocycles. The number of halogens is 1. The van der Waals surface area contributed by atoms with Gasteiger partial charge in [-0.2, -0.15) is 0 Å². The van der Waals surface area contributed by atoms with Crippen molar-refractivity contribution in [1.82, 2.24) is 10.5 Å². The number of para-hydroxylation sites is 1. The topological polar surface area (TPSA) is 64.4 Å². The van der Waals surface area contributed by atoms with Gasteiger partial charge in [-0.3, -0.25) is 4.79 Å². The van der Waals surface area contributed by atoms with Crippen LogP contribution in [0.2, 0.25) is 5.02 Å². The summed E-state index contributed by atoms with van der Waals surface area (Å²) in [6.45, 7) is 4.39. The molecule has 5 nitrogen and oxygen atoms in total. The van der Waals surface area contributed by atoms with Gasteiger partial charge < -0.3 is 14.6 Å². The summed E-state index contributed by atoms with van der Waals surface area (Å²) in [6.07, 6.45) is 1.59. The van der Waals surface area contributed by atoms with Crippen molar-refractivity contribution in [1.29, 1.82) is 0 Å². The van der Waals surface area contributed by atoms with Crippen molar-refractivity contribution < 1.29 is 14.1 Å². The smallest absolute Gasteiger partial charge is 0.257 e. The number of hydrogen-bond acceptors (Lipinski definition) is 4. The second-order valence-electron chi connectivity index (χ2n) is 6.79. The van der Waals surface area contributed by atoms with Gasteiger partial charge in [-0.1, -0.05) is 60.1 Å². The Labute approximate surface area is 168 Å². The zero-order valence-electron chi connectivity index (χ0n) is 15.8. The van der Waals surface area contributed by atoms with E-state index >= 15 is 0 Å². The number of carbonyl (C=O) groups is 1. The number of hydrogen-bond donors (Lipinski definition) is 1. The van der Waals surface area contributed by atoms with Crippen LogP contribution in [0.5, 0.6) is 5.75 Å². The van der Waals surface area contributed by atoms with Crippen LogP contribution in [-0.4, -0.2) is 17.7 Å². The second kappa shape index (κ2) is 7.68. The number of fused-ring (bicyclic) bond motifs is 1. The normalized spacial score (nSPS) is 15.6. The Morgan fingerprint density at radius 2 is 2.07 bits per heavy atom. The van der Waals surface area contributed by atoms with Crippen LogP contribution in [0.1, 0.15) is 46.6 Å². The van der Waals surface area contributed by atoms with Crippen LogP contribution in [0.15, 0.2) is 47.0 Å². The van der Waals surface area contributed by atoms with Gasteiger partial charge in [0.1, 0.15) is 22.8 Å². The Kier molecular flexibility index (Phi) is 5.09. The lowest BCUT2D eigenvalue weighted by atomic mass is 9.96. The Morgan fingerprint density at radius 1 is 1.25 bits per heavy atom. The van der Waals surface area contributed by atoms with E-state index in [0.717, 1.165) is 23.3 Å². The van der Waals surface area contributed by atoms with E-state index in [2.05, 4.69) is 23.5 Å². The molecule has 0 saturated heterocycles. The summed E-state index contributed by atoms with van der Waals surface area (Å²) < 4.78 is 11.2. The molecular formula is C22H21ClN2O3. The molecule has 1 aliphatic heterocycles. The Morgan fingerprint density at radius 3 is 2.86 bits per heavy atom. The number of aromatic nitrogens is 1. The minimum Gasteiger partial charge on any atom is -0.493 e. The predicted molar refractivity (Wildman–Crippen MR) is 108 cm³/mol. The van der Waals surface area contributed by atoms with Crippen LogP contribution in [0.4, 0.5) is 0 Å². The number of aryl methyl sites for hydroxylation is 2. The van der Waals surface area contributed by atoms with E-state index in [4.69, 9.17) is 20.9 Å². The van der Waals surface area contributed by atoms with E-state index < -0.39 is 0 Å². The highest BCUT2D eigenvalue weighted by molar-refractivity contribution is 6.33. The summed E-state index contributed by atoms with van der Waals surface area (Å²) in [5, 5.41) is 7.75. The fraction of sp³-hybridized carbons (Fsp3) is 0.273. The van der Waals surface area contributed by atoms with E-state index in [1.165, 1.54) is 0 Å². The summed E-state index contributed by atoms with van der Waals surface area (Å²) in [4.78, 5) is 13.2. The Hall–Kier alpha value is -2.79. The Balaban J connectivity index is 1.67. The van der Waals surface area contributed by atoms with Crippen molar-refractivity contribution in [3.63, 3.8) is 0 Å². The third kappa shape index (κ3) is 3.27. The molecular weight excluding hydrogens is 376 g/mol. The first-order chi connectivity index (χ1) is 13.6. The molecule has 0 bridgehead atoms. The largest absolute Gasteiger partial charge is 0.493 e. The van der Waals surface area contributed by atoms with Crippen molar-refractivity contribution in [3.05, 3.63) is 69.9 Å². The average Bonchev–Trinajstić information content (AvgIpc) is 3.09. The first-order valence-corrected chi connectivity index (χ1v) is 9.74. The third-order valence-electron chi connectivity index (χ3n) is 5.06. The second-order valence-corrected chi connectivity index (χ2v) is 7.20. The van der Waals surface area contributed by atoms with Crippen LogP contribution in [0.25, 0.3) is 11.3 Å². The van der Waals surface area contributed by atoms with Gasteiger partial charge in [0, 0.05) is 17.5 Å². The maximum Gasteiger partial charge on any atom is 0.257 e. The van der Waals surface area contributed by atoms with E-state index in [0.29, 0.717) is 40.6 Å². The minimum absolute atomic E-state index is 0.129. The monoisotopic (exact) mass is 396 g/mol. The SMILES string of the molecule is CCc1cccc2c1OCCC2NC(=O)c1c(-c2ccccc2Cl)noc1C. The van der Waals surface area contributed by atoms with Gasteiger partial charge in [0.05, 0.1) is 17.7 Å². The fourth-order valence-corrected chi connectivity index (χ4v) is 3.85. The summed E-state index contributed by atoms with van der Waals surface area (Å²) in [5.74, 6) is 1.12.